The van der Waals surface area contributed by atoms with E-state index in [9.17, 15) is 5.11 Å². The standard InChI is InChI=1S/C13H27NO2S/c1-4-14-13(3,10-15)9-11(2)17-12-5-7-16-8-6-12/h11-12,14-15H,4-10H2,1-3H3. The van der Waals surface area contributed by atoms with Gasteiger partial charge in [0.05, 0.1) is 6.61 Å². The number of ether oxygens (including phenoxy) is 1. The Kier molecular flexibility index (Phi) is 6.85. The Hall–Kier alpha value is 0.230. The molecular formula is C13H27NO2S. The van der Waals surface area contributed by atoms with Crippen molar-refractivity contribution in [2.75, 3.05) is 26.4 Å². The Labute approximate surface area is 110 Å². The van der Waals surface area contributed by atoms with Gasteiger partial charge in [0, 0.05) is 29.3 Å². The van der Waals surface area contributed by atoms with Crippen LogP contribution in [0.1, 0.15) is 40.0 Å². The van der Waals surface area contributed by atoms with E-state index in [-0.39, 0.29) is 12.1 Å². The summed E-state index contributed by atoms with van der Waals surface area (Å²) in [6.45, 7) is 9.40. The molecule has 1 saturated heterocycles. The third kappa shape index (κ3) is 5.60. The van der Waals surface area contributed by atoms with Crippen molar-refractivity contribution in [1.82, 2.24) is 5.32 Å². The number of hydrogen-bond donors (Lipinski definition) is 2. The van der Waals surface area contributed by atoms with E-state index in [0.717, 1.165) is 31.4 Å². The zero-order valence-corrected chi connectivity index (χ0v) is 12.2. The Morgan fingerprint density at radius 2 is 2.12 bits per heavy atom. The third-order valence-corrected chi connectivity index (χ3v) is 4.77. The number of likely N-dealkylation sites (N-methyl/N-ethyl adjacent to an activating group) is 1. The van der Waals surface area contributed by atoms with Gasteiger partial charge in [0.1, 0.15) is 0 Å². The summed E-state index contributed by atoms with van der Waals surface area (Å²) < 4.78 is 5.38. The molecule has 0 aromatic rings. The maximum absolute atomic E-state index is 9.48. The number of hydrogen-bond acceptors (Lipinski definition) is 4. The van der Waals surface area contributed by atoms with Crippen LogP contribution in [0.15, 0.2) is 0 Å². The molecule has 1 aliphatic heterocycles. The van der Waals surface area contributed by atoms with Gasteiger partial charge in [-0.2, -0.15) is 11.8 Å². The monoisotopic (exact) mass is 261 g/mol. The van der Waals surface area contributed by atoms with Crippen LogP contribution in [0.25, 0.3) is 0 Å². The molecule has 0 aliphatic carbocycles. The first-order valence-corrected chi connectivity index (χ1v) is 7.63. The van der Waals surface area contributed by atoms with E-state index in [1.807, 2.05) is 0 Å². The zero-order chi connectivity index (χ0) is 12.7. The molecule has 102 valence electrons. The maximum Gasteiger partial charge on any atom is 0.0611 e. The average molecular weight is 261 g/mol. The normalized spacial score (nSPS) is 23.3. The molecule has 2 unspecified atom stereocenters. The largest absolute Gasteiger partial charge is 0.394 e. The van der Waals surface area contributed by atoms with Crippen LogP contribution < -0.4 is 5.32 Å². The molecule has 1 heterocycles. The lowest BCUT2D eigenvalue weighted by Gasteiger charge is -2.33. The van der Waals surface area contributed by atoms with Crippen molar-refractivity contribution in [2.45, 2.75) is 56.1 Å². The number of thioether (sulfide) groups is 1. The zero-order valence-electron chi connectivity index (χ0n) is 11.4. The van der Waals surface area contributed by atoms with Crippen molar-refractivity contribution in [1.29, 1.82) is 0 Å². The molecule has 1 fully saturated rings. The fourth-order valence-electron chi connectivity index (χ4n) is 2.44. The summed E-state index contributed by atoms with van der Waals surface area (Å²) in [7, 11) is 0. The first-order valence-electron chi connectivity index (χ1n) is 6.68. The Bertz CT molecular complexity index is 210. The van der Waals surface area contributed by atoms with Crippen molar-refractivity contribution in [2.24, 2.45) is 0 Å². The quantitative estimate of drug-likeness (QED) is 0.736. The van der Waals surface area contributed by atoms with Crippen LogP contribution >= 0.6 is 11.8 Å². The summed E-state index contributed by atoms with van der Waals surface area (Å²) >= 11 is 2.06. The van der Waals surface area contributed by atoms with Crippen LogP contribution in [0, 0.1) is 0 Å². The topological polar surface area (TPSA) is 41.5 Å². The van der Waals surface area contributed by atoms with Crippen LogP contribution in [-0.4, -0.2) is 47.5 Å². The molecule has 1 aliphatic rings. The van der Waals surface area contributed by atoms with E-state index >= 15 is 0 Å². The van der Waals surface area contributed by atoms with E-state index in [0.29, 0.717) is 5.25 Å². The molecule has 0 aromatic heterocycles. The Morgan fingerprint density at radius 1 is 1.47 bits per heavy atom. The Balaban J connectivity index is 2.33. The first-order chi connectivity index (χ1) is 8.09. The van der Waals surface area contributed by atoms with E-state index in [1.165, 1.54) is 12.8 Å². The highest BCUT2D eigenvalue weighted by atomic mass is 32.2. The lowest BCUT2D eigenvalue weighted by atomic mass is 9.97. The molecule has 0 saturated carbocycles. The molecule has 0 amide bonds. The van der Waals surface area contributed by atoms with Gasteiger partial charge in [-0.05, 0) is 32.7 Å². The number of nitrogens with one attached hydrogen (secondary N) is 1. The summed E-state index contributed by atoms with van der Waals surface area (Å²) in [6, 6.07) is 0. The van der Waals surface area contributed by atoms with E-state index < -0.39 is 0 Å². The molecule has 1 rings (SSSR count). The fraction of sp³-hybridized carbons (Fsp3) is 1.00. The summed E-state index contributed by atoms with van der Waals surface area (Å²) in [5.41, 5.74) is -0.133. The van der Waals surface area contributed by atoms with Crippen molar-refractivity contribution < 1.29 is 9.84 Å². The summed E-state index contributed by atoms with van der Waals surface area (Å²) in [5.74, 6) is 0. The van der Waals surface area contributed by atoms with Crippen molar-refractivity contribution in [3.63, 3.8) is 0 Å². The highest BCUT2D eigenvalue weighted by Crippen LogP contribution is 2.30. The van der Waals surface area contributed by atoms with Gasteiger partial charge in [-0.3, -0.25) is 0 Å². The molecule has 2 N–H and O–H groups in total. The third-order valence-electron chi connectivity index (χ3n) is 3.28. The van der Waals surface area contributed by atoms with E-state index in [2.05, 4.69) is 37.8 Å². The predicted octanol–water partition coefficient (Wildman–Crippen LogP) is 2.04. The molecule has 17 heavy (non-hydrogen) atoms. The van der Waals surface area contributed by atoms with Crippen molar-refractivity contribution in [3.8, 4) is 0 Å². The molecular weight excluding hydrogens is 234 g/mol. The molecule has 4 heteroatoms. The fourth-order valence-corrected chi connectivity index (χ4v) is 4.03. The maximum atomic E-state index is 9.48. The van der Waals surface area contributed by atoms with Crippen molar-refractivity contribution >= 4 is 11.8 Å². The minimum absolute atomic E-state index is 0.133. The minimum atomic E-state index is -0.133. The second-order valence-electron chi connectivity index (χ2n) is 5.21. The summed E-state index contributed by atoms with van der Waals surface area (Å²) in [4.78, 5) is 0. The van der Waals surface area contributed by atoms with Gasteiger partial charge >= 0.3 is 0 Å². The van der Waals surface area contributed by atoms with Gasteiger partial charge in [-0.1, -0.05) is 13.8 Å². The van der Waals surface area contributed by atoms with Crippen LogP contribution in [0.4, 0.5) is 0 Å². The van der Waals surface area contributed by atoms with Gasteiger partial charge in [-0.15, -0.1) is 0 Å². The number of rotatable bonds is 7. The van der Waals surface area contributed by atoms with Crippen LogP contribution in [0.2, 0.25) is 0 Å². The summed E-state index contributed by atoms with van der Waals surface area (Å²) in [5, 5.41) is 14.2. The molecule has 2 atom stereocenters. The smallest absolute Gasteiger partial charge is 0.0611 e. The number of aliphatic hydroxyl groups excluding tert-OH is 1. The lowest BCUT2D eigenvalue weighted by Crippen LogP contribution is -2.47. The van der Waals surface area contributed by atoms with Gasteiger partial charge in [0.15, 0.2) is 0 Å². The number of aliphatic hydroxyl groups is 1. The molecule has 0 bridgehead atoms. The van der Waals surface area contributed by atoms with Gasteiger partial charge in [0.25, 0.3) is 0 Å². The lowest BCUT2D eigenvalue weighted by molar-refractivity contribution is 0.0998. The highest BCUT2D eigenvalue weighted by Gasteiger charge is 2.26. The molecule has 3 nitrogen and oxygen atoms in total. The SMILES string of the molecule is CCNC(C)(CO)CC(C)SC1CCOCC1. The van der Waals surface area contributed by atoms with Crippen LogP contribution in [0.5, 0.6) is 0 Å². The first kappa shape index (κ1) is 15.3. The van der Waals surface area contributed by atoms with Crippen molar-refractivity contribution in [3.05, 3.63) is 0 Å². The predicted molar refractivity (Wildman–Crippen MR) is 74.7 cm³/mol. The van der Waals surface area contributed by atoms with Gasteiger partial charge in [-0.25, -0.2) is 0 Å². The second kappa shape index (κ2) is 7.62. The van der Waals surface area contributed by atoms with Gasteiger partial charge in [0.2, 0.25) is 0 Å². The van der Waals surface area contributed by atoms with E-state index in [4.69, 9.17) is 4.74 Å². The summed E-state index contributed by atoms with van der Waals surface area (Å²) in [6.07, 6.45) is 3.36. The van der Waals surface area contributed by atoms with Crippen LogP contribution in [-0.2, 0) is 4.74 Å². The highest BCUT2D eigenvalue weighted by molar-refractivity contribution is 8.00. The van der Waals surface area contributed by atoms with E-state index in [1.54, 1.807) is 0 Å². The molecule has 0 radical (unpaired) electrons. The second-order valence-corrected chi connectivity index (χ2v) is 6.96. The Morgan fingerprint density at radius 3 is 2.65 bits per heavy atom. The minimum Gasteiger partial charge on any atom is -0.394 e. The molecule has 0 spiro atoms. The van der Waals surface area contributed by atoms with Gasteiger partial charge < -0.3 is 15.2 Å². The average Bonchev–Trinajstić information content (AvgIpc) is 2.30. The molecule has 0 aromatic carbocycles. The van der Waals surface area contributed by atoms with Crippen LogP contribution in [0.3, 0.4) is 0 Å².